The molecule has 1 saturated carbocycles. The van der Waals surface area contributed by atoms with Crippen LogP contribution in [-0.4, -0.2) is 23.9 Å². The third-order valence-corrected chi connectivity index (χ3v) is 4.59. The van der Waals surface area contributed by atoms with Crippen molar-refractivity contribution in [1.82, 2.24) is 10.6 Å². The van der Waals surface area contributed by atoms with Crippen LogP contribution < -0.4 is 16.4 Å². The van der Waals surface area contributed by atoms with Gasteiger partial charge in [0.05, 0.1) is 5.92 Å². The number of rotatable bonds is 5. The average molecular weight is 354 g/mol. The molecule has 4 N–H and O–H groups in total. The molecule has 1 aromatic carbocycles. The van der Waals surface area contributed by atoms with Crippen molar-refractivity contribution < 1.29 is 9.59 Å². The summed E-state index contributed by atoms with van der Waals surface area (Å²) in [7, 11) is 0. The molecule has 2 unspecified atom stereocenters. The van der Waals surface area contributed by atoms with Crippen molar-refractivity contribution >= 4 is 24.2 Å². The van der Waals surface area contributed by atoms with E-state index in [9.17, 15) is 9.59 Å². The highest BCUT2D eigenvalue weighted by Crippen LogP contribution is 2.31. The number of amides is 2. The van der Waals surface area contributed by atoms with Gasteiger partial charge >= 0.3 is 0 Å². The second-order valence-corrected chi connectivity index (χ2v) is 6.58. The zero-order valence-electron chi connectivity index (χ0n) is 14.4. The molecule has 0 spiro atoms. The van der Waals surface area contributed by atoms with Gasteiger partial charge in [0, 0.05) is 24.2 Å². The number of nitrogens with two attached hydrogens (primary N) is 1. The Morgan fingerprint density at radius 1 is 1.21 bits per heavy atom. The van der Waals surface area contributed by atoms with E-state index in [0.29, 0.717) is 18.7 Å². The molecule has 0 radical (unpaired) electrons. The van der Waals surface area contributed by atoms with Crippen molar-refractivity contribution in [2.75, 3.05) is 6.54 Å². The van der Waals surface area contributed by atoms with E-state index in [-0.39, 0.29) is 30.1 Å². The summed E-state index contributed by atoms with van der Waals surface area (Å²) in [6.45, 7) is 4.92. The lowest BCUT2D eigenvalue weighted by molar-refractivity contribution is -0.128. The molecule has 134 valence electrons. The first-order valence-electron chi connectivity index (χ1n) is 8.38. The first kappa shape index (κ1) is 20.5. The molecule has 6 heteroatoms. The summed E-state index contributed by atoms with van der Waals surface area (Å²) >= 11 is 0. The quantitative estimate of drug-likeness (QED) is 0.759. The molecule has 0 aromatic heterocycles. The van der Waals surface area contributed by atoms with Crippen LogP contribution in [0.4, 0.5) is 0 Å². The van der Waals surface area contributed by atoms with Crippen molar-refractivity contribution in [3.63, 3.8) is 0 Å². The average Bonchev–Trinajstić information content (AvgIpc) is 2.53. The Hall–Kier alpha value is -1.59. The molecule has 5 nitrogen and oxygen atoms in total. The van der Waals surface area contributed by atoms with Crippen molar-refractivity contribution in [3.05, 3.63) is 35.4 Å². The summed E-state index contributed by atoms with van der Waals surface area (Å²) in [6, 6.07) is 7.29. The summed E-state index contributed by atoms with van der Waals surface area (Å²) < 4.78 is 0. The Labute approximate surface area is 150 Å². The predicted molar refractivity (Wildman–Crippen MR) is 98.1 cm³/mol. The molecule has 0 saturated heterocycles. The first-order chi connectivity index (χ1) is 10.9. The number of hydrogen-bond donors (Lipinski definition) is 3. The van der Waals surface area contributed by atoms with Gasteiger partial charge in [0.1, 0.15) is 0 Å². The number of carbonyl (C=O) groups excluding carboxylic acids is 2. The van der Waals surface area contributed by atoms with Gasteiger partial charge in [-0.15, -0.1) is 12.4 Å². The van der Waals surface area contributed by atoms with Gasteiger partial charge in [-0.05, 0) is 44.4 Å². The van der Waals surface area contributed by atoms with E-state index in [2.05, 4.69) is 10.6 Å². The number of hydrogen-bond acceptors (Lipinski definition) is 3. The van der Waals surface area contributed by atoms with Crippen LogP contribution in [0.1, 0.15) is 55.5 Å². The number of nitrogens with one attached hydrogen (secondary N) is 2. The molecule has 24 heavy (non-hydrogen) atoms. The maximum absolute atomic E-state index is 12.4. The molecule has 2 rings (SSSR count). The molecule has 1 aliphatic rings. The van der Waals surface area contributed by atoms with Crippen LogP contribution in [0.25, 0.3) is 0 Å². The van der Waals surface area contributed by atoms with Crippen LogP contribution >= 0.6 is 12.4 Å². The minimum Gasteiger partial charge on any atom is -0.352 e. The van der Waals surface area contributed by atoms with Crippen molar-refractivity contribution in [2.24, 2.45) is 11.7 Å². The van der Waals surface area contributed by atoms with Crippen molar-refractivity contribution in [2.45, 2.75) is 51.6 Å². The maximum atomic E-state index is 12.4. The van der Waals surface area contributed by atoms with Gasteiger partial charge in [0.2, 0.25) is 5.91 Å². The minimum absolute atomic E-state index is 0. The van der Waals surface area contributed by atoms with Gasteiger partial charge in [-0.25, -0.2) is 0 Å². The van der Waals surface area contributed by atoms with Gasteiger partial charge in [-0.2, -0.15) is 0 Å². The Kier molecular flexibility index (Phi) is 7.70. The summed E-state index contributed by atoms with van der Waals surface area (Å²) in [4.78, 5) is 24.1. The topological polar surface area (TPSA) is 84.2 Å². The highest BCUT2D eigenvalue weighted by Gasteiger charge is 2.37. The van der Waals surface area contributed by atoms with E-state index in [4.69, 9.17) is 5.73 Å². The maximum Gasteiger partial charge on any atom is 0.251 e. The molecule has 1 fully saturated rings. The predicted octanol–water partition coefficient (Wildman–Crippen LogP) is 2.38. The van der Waals surface area contributed by atoms with Gasteiger partial charge < -0.3 is 16.4 Å². The number of halogens is 1. The molecule has 1 aromatic rings. The fraction of sp³-hybridized carbons (Fsp3) is 0.556. The van der Waals surface area contributed by atoms with Gasteiger partial charge in [0.25, 0.3) is 5.91 Å². The van der Waals surface area contributed by atoms with E-state index < -0.39 is 5.54 Å². The molecule has 1 aliphatic carbocycles. The normalized spacial score (nSPS) is 23.0. The second-order valence-electron chi connectivity index (χ2n) is 6.58. The van der Waals surface area contributed by atoms with Crippen molar-refractivity contribution in [3.8, 4) is 0 Å². The smallest absolute Gasteiger partial charge is 0.251 e. The first-order valence-corrected chi connectivity index (χ1v) is 8.38. The third kappa shape index (κ3) is 5.21. The van der Waals surface area contributed by atoms with E-state index >= 15 is 0 Å². The zero-order valence-corrected chi connectivity index (χ0v) is 15.2. The minimum atomic E-state index is -0.412. The van der Waals surface area contributed by atoms with E-state index in [1.807, 2.05) is 26.0 Å². The van der Waals surface area contributed by atoms with Crippen LogP contribution in [0, 0.1) is 5.92 Å². The monoisotopic (exact) mass is 353 g/mol. The van der Waals surface area contributed by atoms with E-state index in [0.717, 1.165) is 31.2 Å². The number of carbonyl (C=O) groups is 2. The molecule has 0 aliphatic heterocycles. The fourth-order valence-electron chi connectivity index (χ4n) is 3.14. The van der Waals surface area contributed by atoms with Crippen LogP contribution in [0.3, 0.4) is 0 Å². The van der Waals surface area contributed by atoms with Crippen LogP contribution in [-0.2, 0) is 11.3 Å². The Morgan fingerprint density at radius 2 is 1.88 bits per heavy atom. The summed E-state index contributed by atoms with van der Waals surface area (Å²) in [5, 5.41) is 5.74. The number of benzene rings is 1. The Balaban J connectivity index is 0.00000288. The van der Waals surface area contributed by atoms with E-state index in [1.54, 1.807) is 12.1 Å². The van der Waals surface area contributed by atoms with Crippen LogP contribution in [0.5, 0.6) is 0 Å². The van der Waals surface area contributed by atoms with E-state index in [1.165, 1.54) is 0 Å². The van der Waals surface area contributed by atoms with Gasteiger partial charge in [0.15, 0.2) is 0 Å². The zero-order chi connectivity index (χ0) is 16.9. The molecule has 2 atom stereocenters. The van der Waals surface area contributed by atoms with Crippen molar-refractivity contribution in [1.29, 1.82) is 0 Å². The van der Waals surface area contributed by atoms with Crippen LogP contribution in [0.2, 0.25) is 0 Å². The summed E-state index contributed by atoms with van der Waals surface area (Å²) in [5.41, 5.74) is 7.46. The summed E-state index contributed by atoms with van der Waals surface area (Å²) in [6.07, 6.45) is 3.91. The lowest BCUT2D eigenvalue weighted by Gasteiger charge is -2.37. The second kappa shape index (κ2) is 9.04. The Bertz CT molecular complexity index is 558. The molecule has 2 amide bonds. The van der Waals surface area contributed by atoms with Gasteiger partial charge in [-0.3, -0.25) is 9.59 Å². The highest BCUT2D eigenvalue weighted by atomic mass is 35.5. The highest BCUT2D eigenvalue weighted by molar-refractivity contribution is 5.94. The molecular formula is C18H28ClN3O2. The lowest BCUT2D eigenvalue weighted by atomic mass is 9.74. The third-order valence-electron chi connectivity index (χ3n) is 4.59. The molecular weight excluding hydrogens is 326 g/mol. The van der Waals surface area contributed by atoms with Gasteiger partial charge in [-0.1, -0.05) is 25.0 Å². The summed E-state index contributed by atoms with van der Waals surface area (Å²) in [5.74, 6) is -0.169. The fourth-order valence-corrected chi connectivity index (χ4v) is 3.14. The standard InChI is InChI=1S/C18H27N3O2.ClH/c1-3-20-16(22)14-9-7-13(8-10-14)12-21-17(23)15-6-4-5-11-18(15,2)19;/h7-10,15H,3-6,11-12,19H2,1-2H3,(H,20,22)(H,21,23);1H. The molecule has 0 bridgehead atoms. The molecule has 0 heterocycles. The van der Waals surface area contributed by atoms with Crippen LogP contribution in [0.15, 0.2) is 24.3 Å². The largest absolute Gasteiger partial charge is 0.352 e. The Morgan fingerprint density at radius 3 is 2.46 bits per heavy atom. The SMILES string of the molecule is CCNC(=O)c1ccc(CNC(=O)C2CCCCC2(C)N)cc1.Cl. The lowest BCUT2D eigenvalue weighted by Crippen LogP contribution is -2.52.